The lowest BCUT2D eigenvalue weighted by molar-refractivity contribution is 0.0670. The van der Waals surface area contributed by atoms with Crippen molar-refractivity contribution in [2.75, 3.05) is 24.5 Å². The van der Waals surface area contributed by atoms with Gasteiger partial charge in [-0.15, -0.1) is 0 Å². The molecule has 0 unspecified atom stereocenters. The molecule has 1 fully saturated rings. The zero-order valence-corrected chi connectivity index (χ0v) is 21.8. The van der Waals surface area contributed by atoms with Crippen molar-refractivity contribution in [2.24, 2.45) is 0 Å². The van der Waals surface area contributed by atoms with Gasteiger partial charge >= 0.3 is 0 Å². The quantitative estimate of drug-likeness (QED) is 0.296. The molecular formula is C31H25ClFN3O3. The summed E-state index contributed by atoms with van der Waals surface area (Å²) in [6, 6.07) is 22.7. The van der Waals surface area contributed by atoms with Crippen molar-refractivity contribution in [3.05, 3.63) is 119 Å². The van der Waals surface area contributed by atoms with E-state index in [-0.39, 0.29) is 22.7 Å². The fourth-order valence-electron chi connectivity index (χ4n) is 5.55. The number of benzene rings is 3. The van der Waals surface area contributed by atoms with Gasteiger partial charge in [-0.05, 0) is 79.1 Å². The van der Waals surface area contributed by atoms with E-state index in [0.29, 0.717) is 55.0 Å². The first kappa shape index (κ1) is 25.1. The van der Waals surface area contributed by atoms with Crippen molar-refractivity contribution in [3.63, 3.8) is 0 Å². The Hall–Kier alpha value is -4.23. The molecule has 6 rings (SSSR count). The van der Waals surface area contributed by atoms with E-state index in [1.54, 1.807) is 41.3 Å². The molecule has 39 heavy (non-hydrogen) atoms. The number of fused-ring (bicyclic) bond motifs is 2. The highest BCUT2D eigenvalue weighted by molar-refractivity contribution is 6.34. The average molecular weight is 542 g/mol. The maximum Gasteiger partial charge on any atom is 0.259 e. The third-order valence-corrected chi connectivity index (χ3v) is 7.92. The average Bonchev–Trinajstić information content (AvgIpc) is 3.27. The summed E-state index contributed by atoms with van der Waals surface area (Å²) in [6.45, 7) is 1.39. The van der Waals surface area contributed by atoms with Crippen molar-refractivity contribution in [1.29, 1.82) is 0 Å². The molecule has 3 heterocycles. The summed E-state index contributed by atoms with van der Waals surface area (Å²) in [4.78, 5) is 34.3. The number of likely N-dealkylation sites (tertiary alicyclic amines) is 1. The van der Waals surface area contributed by atoms with Gasteiger partial charge in [-0.25, -0.2) is 4.39 Å². The van der Waals surface area contributed by atoms with Crippen LogP contribution in [0.5, 0.6) is 11.5 Å². The molecule has 1 aromatic heterocycles. The van der Waals surface area contributed by atoms with Crippen LogP contribution in [0, 0.1) is 5.82 Å². The van der Waals surface area contributed by atoms with Crippen LogP contribution < -0.4 is 9.64 Å². The van der Waals surface area contributed by atoms with Gasteiger partial charge in [0.1, 0.15) is 17.3 Å². The Bertz CT molecular complexity index is 1540. The molecule has 1 spiro atoms. The summed E-state index contributed by atoms with van der Waals surface area (Å²) in [5.74, 6) is 0.720. The molecule has 0 saturated carbocycles. The zero-order chi connectivity index (χ0) is 27.0. The molecule has 4 aromatic rings. The molecule has 2 aliphatic heterocycles. The van der Waals surface area contributed by atoms with Crippen LogP contribution in [0.3, 0.4) is 0 Å². The van der Waals surface area contributed by atoms with E-state index in [4.69, 9.17) is 16.3 Å². The van der Waals surface area contributed by atoms with Crippen LogP contribution in [-0.2, 0) is 5.41 Å². The van der Waals surface area contributed by atoms with Crippen LogP contribution >= 0.6 is 11.6 Å². The number of ether oxygens (including phenoxy) is 1. The number of hydrogen-bond acceptors (Lipinski definition) is 4. The van der Waals surface area contributed by atoms with Gasteiger partial charge in [0.25, 0.3) is 11.8 Å². The molecule has 3 aromatic carbocycles. The Morgan fingerprint density at radius 2 is 1.62 bits per heavy atom. The van der Waals surface area contributed by atoms with E-state index in [9.17, 15) is 14.0 Å². The number of pyridine rings is 1. The smallest absolute Gasteiger partial charge is 0.259 e. The number of halogens is 2. The molecule has 0 radical (unpaired) electrons. The van der Waals surface area contributed by atoms with Gasteiger partial charge in [0.2, 0.25) is 0 Å². The minimum atomic E-state index is -0.448. The number of rotatable bonds is 4. The van der Waals surface area contributed by atoms with E-state index >= 15 is 0 Å². The lowest BCUT2D eigenvalue weighted by Crippen LogP contribution is -2.47. The van der Waals surface area contributed by atoms with E-state index in [1.165, 1.54) is 24.5 Å². The standard InChI is InChI=1S/C31H25ClFN3O3/c32-27-19-34-15-12-25(27)30(38)36-20-31(26-18-22(33)8-11-28(26)36)13-16-35(17-14-31)29(37)21-6-9-24(10-7-21)39-23-4-2-1-3-5-23/h1-12,15,18-19H,13-14,16-17,20H2. The molecule has 0 atom stereocenters. The predicted molar refractivity (Wildman–Crippen MR) is 147 cm³/mol. The second-order valence-electron chi connectivity index (χ2n) is 9.92. The fourth-order valence-corrected chi connectivity index (χ4v) is 5.75. The van der Waals surface area contributed by atoms with Gasteiger partial charge in [0, 0.05) is 48.7 Å². The molecule has 196 valence electrons. The minimum absolute atomic E-state index is 0.0647. The number of aromatic nitrogens is 1. The lowest BCUT2D eigenvalue weighted by atomic mass is 9.74. The number of para-hydroxylation sites is 1. The highest BCUT2D eigenvalue weighted by Gasteiger charge is 2.47. The Labute approximate surface area is 230 Å². The van der Waals surface area contributed by atoms with Crippen molar-refractivity contribution in [3.8, 4) is 11.5 Å². The summed E-state index contributed by atoms with van der Waals surface area (Å²) in [5.41, 5.74) is 1.97. The molecule has 6 nitrogen and oxygen atoms in total. The molecule has 2 aliphatic rings. The largest absolute Gasteiger partial charge is 0.457 e. The first-order chi connectivity index (χ1) is 18.9. The normalized spacial score (nSPS) is 15.7. The molecule has 0 bridgehead atoms. The van der Waals surface area contributed by atoms with Crippen LogP contribution in [0.4, 0.5) is 10.1 Å². The summed E-state index contributed by atoms with van der Waals surface area (Å²) < 4.78 is 20.2. The topological polar surface area (TPSA) is 62.7 Å². The van der Waals surface area contributed by atoms with E-state index in [0.717, 1.165) is 11.3 Å². The van der Waals surface area contributed by atoms with Gasteiger partial charge < -0.3 is 14.5 Å². The number of carbonyl (C=O) groups excluding carboxylic acids is 2. The van der Waals surface area contributed by atoms with Crippen LogP contribution in [0.1, 0.15) is 39.1 Å². The summed E-state index contributed by atoms with van der Waals surface area (Å²) in [6.07, 6.45) is 4.19. The summed E-state index contributed by atoms with van der Waals surface area (Å²) in [7, 11) is 0. The summed E-state index contributed by atoms with van der Waals surface area (Å²) in [5, 5.41) is 0.271. The van der Waals surface area contributed by atoms with Crippen molar-refractivity contribution in [1.82, 2.24) is 9.88 Å². The highest BCUT2D eigenvalue weighted by atomic mass is 35.5. The van der Waals surface area contributed by atoms with E-state index in [2.05, 4.69) is 4.98 Å². The predicted octanol–water partition coefficient (Wildman–Crippen LogP) is 6.50. The van der Waals surface area contributed by atoms with Crippen molar-refractivity contribution in [2.45, 2.75) is 18.3 Å². The molecule has 8 heteroatoms. The first-order valence-electron chi connectivity index (χ1n) is 12.8. The molecule has 0 N–H and O–H groups in total. The first-order valence-corrected chi connectivity index (χ1v) is 13.1. The monoisotopic (exact) mass is 541 g/mol. The van der Waals surface area contributed by atoms with E-state index in [1.807, 2.05) is 35.2 Å². The highest BCUT2D eigenvalue weighted by Crippen LogP contribution is 2.48. The second-order valence-corrected chi connectivity index (χ2v) is 10.3. The maximum atomic E-state index is 14.4. The van der Waals surface area contributed by atoms with Crippen molar-refractivity contribution >= 4 is 29.1 Å². The maximum absolute atomic E-state index is 14.4. The molecule has 2 amide bonds. The van der Waals surface area contributed by atoms with Gasteiger partial charge in [0.15, 0.2) is 0 Å². The number of nitrogens with zero attached hydrogens (tertiary/aromatic N) is 3. The molecular weight excluding hydrogens is 517 g/mol. The molecule has 1 saturated heterocycles. The third-order valence-electron chi connectivity index (χ3n) is 7.62. The zero-order valence-electron chi connectivity index (χ0n) is 21.0. The number of anilines is 1. The van der Waals surface area contributed by atoms with Gasteiger partial charge in [-0.2, -0.15) is 0 Å². The second kappa shape index (κ2) is 10.2. The van der Waals surface area contributed by atoms with Crippen molar-refractivity contribution < 1.29 is 18.7 Å². The Morgan fingerprint density at radius 3 is 2.33 bits per heavy atom. The SMILES string of the molecule is O=C(c1ccc(Oc2ccccc2)cc1)N1CCC2(CC1)CN(C(=O)c1ccncc1Cl)c1ccc(F)cc12. The number of piperidine rings is 1. The van der Waals surface area contributed by atoms with Crippen LogP contribution in [-0.4, -0.2) is 41.3 Å². The number of carbonyl (C=O) groups is 2. The lowest BCUT2D eigenvalue weighted by Gasteiger charge is -2.40. The number of hydrogen-bond donors (Lipinski definition) is 0. The fraction of sp³-hybridized carbons (Fsp3) is 0.194. The Morgan fingerprint density at radius 1 is 0.897 bits per heavy atom. The number of amides is 2. The van der Waals surface area contributed by atoms with Gasteiger partial charge in [-0.1, -0.05) is 29.8 Å². The Balaban J connectivity index is 1.18. The van der Waals surface area contributed by atoms with E-state index < -0.39 is 5.41 Å². The summed E-state index contributed by atoms with van der Waals surface area (Å²) >= 11 is 6.27. The van der Waals surface area contributed by atoms with Crippen LogP contribution in [0.15, 0.2) is 91.3 Å². The van der Waals surface area contributed by atoms with Gasteiger partial charge in [0.05, 0.1) is 10.6 Å². The Kier molecular flexibility index (Phi) is 6.53. The van der Waals surface area contributed by atoms with Crippen LogP contribution in [0.25, 0.3) is 0 Å². The van der Waals surface area contributed by atoms with Crippen LogP contribution in [0.2, 0.25) is 5.02 Å². The molecule has 0 aliphatic carbocycles. The van der Waals surface area contributed by atoms with Gasteiger partial charge in [-0.3, -0.25) is 14.6 Å². The third kappa shape index (κ3) is 4.74. The minimum Gasteiger partial charge on any atom is -0.457 e.